The maximum atomic E-state index is 9.00. The fourth-order valence-corrected chi connectivity index (χ4v) is 1.96. The molecule has 5 heteroatoms. The van der Waals surface area contributed by atoms with E-state index in [1.165, 1.54) is 0 Å². The summed E-state index contributed by atoms with van der Waals surface area (Å²) in [5, 5.41) is 9.00. The van der Waals surface area contributed by atoms with Crippen molar-refractivity contribution < 1.29 is 19.3 Å². The van der Waals surface area contributed by atoms with Crippen molar-refractivity contribution in [3.05, 3.63) is 42.0 Å². The topological polar surface area (TPSA) is 73.9 Å². The fraction of sp³-hybridized carbons (Fsp3) is 0.200. The molecule has 0 atom stereocenters. The van der Waals surface area contributed by atoms with Gasteiger partial charge in [-0.3, -0.25) is 0 Å². The summed E-state index contributed by atoms with van der Waals surface area (Å²) >= 11 is 0. The zero-order chi connectivity index (χ0) is 13.9. The minimum absolute atomic E-state index is 0.00639. The number of benzene rings is 2. The minimum atomic E-state index is 0.00639. The first-order valence-corrected chi connectivity index (χ1v) is 6.33. The molecular weight excluding hydrogens is 258 g/mol. The number of hydrogen-bond acceptors (Lipinski definition) is 5. The summed E-state index contributed by atoms with van der Waals surface area (Å²) < 4.78 is 16.7. The third-order valence-corrected chi connectivity index (χ3v) is 3.01. The predicted molar refractivity (Wildman–Crippen MR) is 74.3 cm³/mol. The van der Waals surface area contributed by atoms with E-state index >= 15 is 0 Å². The molecule has 0 saturated carbocycles. The molecule has 20 heavy (non-hydrogen) atoms. The highest BCUT2D eigenvalue weighted by molar-refractivity contribution is 5.63. The molecule has 0 unspecified atom stereocenters. The number of fused-ring (bicyclic) bond motifs is 1. The monoisotopic (exact) mass is 273 g/mol. The van der Waals surface area contributed by atoms with E-state index in [1.807, 2.05) is 0 Å². The summed E-state index contributed by atoms with van der Waals surface area (Å²) in [7, 11) is 0. The van der Waals surface area contributed by atoms with Crippen molar-refractivity contribution in [2.45, 2.75) is 6.61 Å². The molecule has 0 saturated heterocycles. The number of ether oxygens (including phenoxy) is 3. The average Bonchev–Trinajstić information content (AvgIpc) is 2.49. The van der Waals surface area contributed by atoms with Crippen molar-refractivity contribution in [1.82, 2.24) is 0 Å². The van der Waals surface area contributed by atoms with E-state index < -0.39 is 0 Å². The molecule has 1 heterocycles. The molecule has 3 rings (SSSR count). The first-order valence-electron chi connectivity index (χ1n) is 6.33. The van der Waals surface area contributed by atoms with Crippen LogP contribution in [0.25, 0.3) is 0 Å². The van der Waals surface area contributed by atoms with Crippen molar-refractivity contribution in [1.29, 1.82) is 0 Å². The Bertz CT molecular complexity index is 610. The molecule has 0 aliphatic carbocycles. The van der Waals surface area contributed by atoms with Gasteiger partial charge in [0.1, 0.15) is 19.0 Å². The van der Waals surface area contributed by atoms with Crippen LogP contribution in [0.5, 0.6) is 23.0 Å². The van der Waals surface area contributed by atoms with Crippen molar-refractivity contribution in [2.75, 3.05) is 18.9 Å². The SMILES string of the molecule is Nc1cc2c(cc1Oc1ccc(CO)cc1)OCCO2. The van der Waals surface area contributed by atoms with E-state index in [4.69, 9.17) is 25.1 Å². The standard InChI is InChI=1S/C15H15NO4/c16-12-7-14-15(19-6-5-18-14)8-13(12)20-11-3-1-10(9-17)2-4-11/h1-4,7-8,17H,5-6,9,16H2. The highest BCUT2D eigenvalue weighted by Crippen LogP contribution is 2.39. The van der Waals surface area contributed by atoms with Gasteiger partial charge in [0.2, 0.25) is 0 Å². The quantitative estimate of drug-likeness (QED) is 0.839. The van der Waals surface area contributed by atoms with E-state index in [-0.39, 0.29) is 6.61 Å². The first-order chi connectivity index (χ1) is 9.76. The van der Waals surface area contributed by atoms with E-state index in [9.17, 15) is 0 Å². The van der Waals surface area contributed by atoms with Crippen LogP contribution in [0.4, 0.5) is 5.69 Å². The molecule has 1 aliphatic heterocycles. The van der Waals surface area contributed by atoms with Crippen LogP contribution in [0.2, 0.25) is 0 Å². The molecule has 3 N–H and O–H groups in total. The van der Waals surface area contributed by atoms with Gasteiger partial charge >= 0.3 is 0 Å². The highest BCUT2D eigenvalue weighted by atomic mass is 16.6. The Morgan fingerprint density at radius 3 is 2.35 bits per heavy atom. The second-order valence-corrected chi connectivity index (χ2v) is 4.44. The Kier molecular flexibility index (Phi) is 3.35. The summed E-state index contributed by atoms with van der Waals surface area (Å²) in [4.78, 5) is 0. The van der Waals surface area contributed by atoms with Crippen LogP contribution in [-0.4, -0.2) is 18.3 Å². The molecule has 0 fully saturated rings. The predicted octanol–water partition coefficient (Wildman–Crippen LogP) is 2.32. The van der Waals surface area contributed by atoms with Gasteiger partial charge in [0.25, 0.3) is 0 Å². The first kappa shape index (κ1) is 12.6. The summed E-state index contributed by atoms with van der Waals surface area (Å²) in [5.74, 6) is 2.43. The van der Waals surface area contributed by atoms with E-state index in [1.54, 1.807) is 36.4 Å². The third-order valence-electron chi connectivity index (χ3n) is 3.01. The van der Waals surface area contributed by atoms with E-state index in [0.717, 1.165) is 5.56 Å². The van der Waals surface area contributed by atoms with Crippen molar-refractivity contribution in [3.63, 3.8) is 0 Å². The van der Waals surface area contributed by atoms with Crippen molar-refractivity contribution >= 4 is 5.69 Å². The van der Waals surface area contributed by atoms with Crippen LogP contribution in [0.15, 0.2) is 36.4 Å². The molecule has 0 spiro atoms. The van der Waals surface area contributed by atoms with Gasteiger partial charge in [0.05, 0.1) is 12.3 Å². The summed E-state index contributed by atoms with van der Waals surface area (Å²) in [6, 6.07) is 10.6. The van der Waals surface area contributed by atoms with Gasteiger partial charge in [0.15, 0.2) is 17.2 Å². The molecule has 0 radical (unpaired) electrons. The van der Waals surface area contributed by atoms with Crippen LogP contribution >= 0.6 is 0 Å². The second-order valence-electron chi connectivity index (χ2n) is 4.44. The summed E-state index contributed by atoms with van der Waals surface area (Å²) in [6.07, 6.45) is 0. The molecule has 2 aromatic carbocycles. The van der Waals surface area contributed by atoms with Gasteiger partial charge in [-0.05, 0) is 17.7 Å². The molecule has 0 bridgehead atoms. The van der Waals surface area contributed by atoms with Gasteiger partial charge in [-0.1, -0.05) is 12.1 Å². The molecule has 5 nitrogen and oxygen atoms in total. The van der Waals surface area contributed by atoms with Crippen LogP contribution in [0, 0.1) is 0 Å². The van der Waals surface area contributed by atoms with Gasteiger partial charge in [0, 0.05) is 12.1 Å². The largest absolute Gasteiger partial charge is 0.486 e. The van der Waals surface area contributed by atoms with Crippen LogP contribution < -0.4 is 19.9 Å². The van der Waals surface area contributed by atoms with Crippen LogP contribution in [-0.2, 0) is 6.61 Å². The fourth-order valence-electron chi connectivity index (χ4n) is 1.96. The lowest BCUT2D eigenvalue weighted by atomic mass is 10.2. The normalized spacial score (nSPS) is 13.1. The van der Waals surface area contributed by atoms with Gasteiger partial charge < -0.3 is 25.1 Å². The highest BCUT2D eigenvalue weighted by Gasteiger charge is 2.15. The summed E-state index contributed by atoms with van der Waals surface area (Å²) in [6.45, 7) is 1.04. The Morgan fingerprint density at radius 1 is 1.05 bits per heavy atom. The summed E-state index contributed by atoms with van der Waals surface area (Å²) in [5.41, 5.74) is 7.26. The number of anilines is 1. The zero-order valence-corrected chi connectivity index (χ0v) is 10.8. The molecular formula is C15H15NO4. The average molecular weight is 273 g/mol. The Morgan fingerprint density at radius 2 is 1.70 bits per heavy atom. The molecule has 104 valence electrons. The molecule has 2 aromatic rings. The van der Waals surface area contributed by atoms with Crippen LogP contribution in [0.1, 0.15) is 5.56 Å². The maximum Gasteiger partial charge on any atom is 0.165 e. The van der Waals surface area contributed by atoms with E-state index in [0.29, 0.717) is 41.9 Å². The molecule has 0 amide bonds. The Hall–Kier alpha value is -2.40. The number of aliphatic hydroxyl groups is 1. The van der Waals surface area contributed by atoms with Crippen molar-refractivity contribution in [2.24, 2.45) is 0 Å². The smallest absolute Gasteiger partial charge is 0.165 e. The lowest BCUT2D eigenvalue weighted by Crippen LogP contribution is -2.15. The Labute approximate surface area is 116 Å². The van der Waals surface area contributed by atoms with Gasteiger partial charge in [-0.25, -0.2) is 0 Å². The molecule has 1 aliphatic rings. The number of rotatable bonds is 3. The lowest BCUT2D eigenvalue weighted by molar-refractivity contribution is 0.171. The Balaban J connectivity index is 1.86. The zero-order valence-electron chi connectivity index (χ0n) is 10.8. The maximum absolute atomic E-state index is 9.00. The third kappa shape index (κ3) is 2.48. The minimum Gasteiger partial charge on any atom is -0.486 e. The van der Waals surface area contributed by atoms with Crippen molar-refractivity contribution in [3.8, 4) is 23.0 Å². The number of nitrogens with two attached hydrogens (primary N) is 1. The lowest BCUT2D eigenvalue weighted by Gasteiger charge is -2.20. The van der Waals surface area contributed by atoms with Crippen LogP contribution in [0.3, 0.4) is 0 Å². The van der Waals surface area contributed by atoms with Gasteiger partial charge in [-0.2, -0.15) is 0 Å². The molecule has 0 aromatic heterocycles. The van der Waals surface area contributed by atoms with Gasteiger partial charge in [-0.15, -0.1) is 0 Å². The number of nitrogen functional groups attached to an aromatic ring is 1. The number of aliphatic hydroxyl groups excluding tert-OH is 1. The van der Waals surface area contributed by atoms with E-state index in [2.05, 4.69) is 0 Å². The second kappa shape index (κ2) is 5.30. The number of hydrogen-bond donors (Lipinski definition) is 2.